The lowest BCUT2D eigenvalue weighted by atomic mass is 9.75. The van der Waals surface area contributed by atoms with E-state index in [1.165, 1.54) is 32.1 Å². The van der Waals surface area contributed by atoms with Gasteiger partial charge in [-0.3, -0.25) is 0 Å². The molecule has 2 heterocycles. The van der Waals surface area contributed by atoms with Crippen molar-refractivity contribution in [2.75, 3.05) is 39.4 Å². The number of morpholine rings is 1. The molecule has 102 valence electrons. The molecule has 0 aromatic carbocycles. The molecule has 2 amide bonds. The van der Waals surface area contributed by atoms with Gasteiger partial charge in [0.25, 0.3) is 0 Å². The van der Waals surface area contributed by atoms with E-state index >= 15 is 0 Å². The van der Waals surface area contributed by atoms with Gasteiger partial charge in [-0.25, -0.2) is 4.79 Å². The molecule has 0 bridgehead atoms. The molecule has 3 aliphatic rings. The van der Waals surface area contributed by atoms with Crippen molar-refractivity contribution in [3.8, 4) is 0 Å². The normalized spacial score (nSPS) is 33.1. The molecule has 1 aliphatic carbocycles. The number of hydrogen-bond donors (Lipinski definition) is 0. The Balaban J connectivity index is 1.57. The first-order chi connectivity index (χ1) is 8.84. The predicted octanol–water partition coefficient (Wildman–Crippen LogP) is 1.95. The number of piperidine rings is 1. The number of nitrogens with zero attached hydrogens (tertiary/aromatic N) is 2. The molecular weight excluding hydrogens is 228 g/mol. The minimum absolute atomic E-state index is 0.252. The van der Waals surface area contributed by atoms with Crippen LogP contribution < -0.4 is 0 Å². The van der Waals surface area contributed by atoms with Gasteiger partial charge >= 0.3 is 6.03 Å². The number of fused-ring (bicyclic) bond motifs is 1. The highest BCUT2D eigenvalue weighted by Gasteiger charge is 2.34. The van der Waals surface area contributed by atoms with Crippen LogP contribution in [0.15, 0.2) is 0 Å². The summed E-state index contributed by atoms with van der Waals surface area (Å²) in [5.41, 5.74) is 0. The van der Waals surface area contributed by atoms with Gasteiger partial charge in [-0.1, -0.05) is 19.3 Å². The lowest BCUT2D eigenvalue weighted by Crippen LogP contribution is -2.52. The molecule has 3 fully saturated rings. The van der Waals surface area contributed by atoms with Crippen LogP contribution in [-0.4, -0.2) is 55.2 Å². The molecule has 2 saturated heterocycles. The average Bonchev–Trinajstić information content (AvgIpc) is 2.47. The minimum atomic E-state index is 0.252. The van der Waals surface area contributed by atoms with Crippen molar-refractivity contribution in [1.29, 1.82) is 0 Å². The smallest absolute Gasteiger partial charge is 0.320 e. The molecule has 18 heavy (non-hydrogen) atoms. The van der Waals surface area contributed by atoms with Crippen LogP contribution in [-0.2, 0) is 4.74 Å². The first-order valence-electron chi connectivity index (χ1n) is 7.46. The molecule has 2 aliphatic heterocycles. The zero-order valence-corrected chi connectivity index (χ0v) is 11.1. The SMILES string of the molecule is O=C(N1CCOCC1)N1CCC2CCCCC2C1. The lowest BCUT2D eigenvalue weighted by molar-refractivity contribution is 0.0316. The zero-order chi connectivity index (χ0) is 12.4. The molecule has 4 heteroatoms. The molecule has 2 atom stereocenters. The number of carbonyl (C=O) groups is 1. The minimum Gasteiger partial charge on any atom is -0.378 e. The molecule has 3 rings (SSSR count). The number of hydrogen-bond acceptors (Lipinski definition) is 2. The molecule has 0 N–H and O–H groups in total. The molecule has 0 aromatic heterocycles. The van der Waals surface area contributed by atoms with Gasteiger partial charge in [0.15, 0.2) is 0 Å². The summed E-state index contributed by atoms with van der Waals surface area (Å²) in [6.07, 6.45) is 6.71. The number of likely N-dealkylation sites (tertiary alicyclic amines) is 1. The molecule has 4 nitrogen and oxygen atoms in total. The summed E-state index contributed by atoms with van der Waals surface area (Å²) in [4.78, 5) is 16.5. The van der Waals surface area contributed by atoms with E-state index < -0.39 is 0 Å². The van der Waals surface area contributed by atoms with E-state index in [2.05, 4.69) is 4.90 Å². The molecule has 2 unspecified atom stereocenters. The highest BCUT2D eigenvalue weighted by molar-refractivity contribution is 5.74. The van der Waals surface area contributed by atoms with E-state index in [1.54, 1.807) is 0 Å². The summed E-state index contributed by atoms with van der Waals surface area (Å²) in [6.45, 7) is 4.91. The Morgan fingerprint density at radius 1 is 0.889 bits per heavy atom. The van der Waals surface area contributed by atoms with E-state index in [-0.39, 0.29) is 6.03 Å². The molecular formula is C14H24N2O2. The summed E-state index contributed by atoms with van der Waals surface area (Å²) in [6, 6.07) is 0.252. The van der Waals surface area contributed by atoms with Crippen molar-refractivity contribution >= 4 is 6.03 Å². The Morgan fingerprint density at radius 3 is 2.39 bits per heavy atom. The van der Waals surface area contributed by atoms with Crippen LogP contribution in [0.2, 0.25) is 0 Å². The monoisotopic (exact) mass is 252 g/mol. The van der Waals surface area contributed by atoms with Gasteiger partial charge in [-0.2, -0.15) is 0 Å². The van der Waals surface area contributed by atoms with Gasteiger partial charge in [0, 0.05) is 26.2 Å². The lowest BCUT2D eigenvalue weighted by Gasteiger charge is -2.43. The van der Waals surface area contributed by atoms with Crippen molar-refractivity contribution in [2.24, 2.45) is 11.8 Å². The van der Waals surface area contributed by atoms with Crippen LogP contribution in [0.3, 0.4) is 0 Å². The fourth-order valence-electron chi connectivity index (χ4n) is 3.73. The van der Waals surface area contributed by atoms with Crippen LogP contribution in [0.4, 0.5) is 4.79 Å². The first-order valence-corrected chi connectivity index (χ1v) is 7.46. The van der Waals surface area contributed by atoms with E-state index in [0.29, 0.717) is 13.2 Å². The summed E-state index contributed by atoms with van der Waals surface area (Å²) in [5.74, 6) is 1.67. The Morgan fingerprint density at radius 2 is 1.61 bits per heavy atom. The number of urea groups is 1. The van der Waals surface area contributed by atoms with Gasteiger partial charge in [-0.15, -0.1) is 0 Å². The standard InChI is InChI=1S/C14H24N2O2/c17-14(15-7-9-18-10-8-15)16-6-5-12-3-1-2-4-13(12)11-16/h12-13H,1-11H2. The second kappa shape index (κ2) is 5.47. The van der Waals surface area contributed by atoms with Crippen LogP contribution in [0.1, 0.15) is 32.1 Å². The highest BCUT2D eigenvalue weighted by Crippen LogP contribution is 2.36. The third-order valence-corrected chi connectivity index (χ3v) is 4.84. The fourth-order valence-corrected chi connectivity index (χ4v) is 3.73. The van der Waals surface area contributed by atoms with Crippen molar-refractivity contribution in [3.05, 3.63) is 0 Å². The second-order valence-corrected chi connectivity index (χ2v) is 5.92. The number of carbonyl (C=O) groups excluding carboxylic acids is 1. The highest BCUT2D eigenvalue weighted by atomic mass is 16.5. The topological polar surface area (TPSA) is 32.8 Å². The van der Waals surface area contributed by atoms with Crippen LogP contribution in [0.25, 0.3) is 0 Å². The van der Waals surface area contributed by atoms with Crippen LogP contribution in [0, 0.1) is 11.8 Å². The largest absolute Gasteiger partial charge is 0.378 e. The average molecular weight is 252 g/mol. The molecule has 0 aromatic rings. The maximum Gasteiger partial charge on any atom is 0.320 e. The fraction of sp³-hybridized carbons (Fsp3) is 0.929. The molecule has 0 spiro atoms. The van der Waals surface area contributed by atoms with Crippen molar-refractivity contribution in [2.45, 2.75) is 32.1 Å². The quantitative estimate of drug-likeness (QED) is 0.660. The summed E-state index contributed by atoms with van der Waals surface area (Å²) in [5, 5.41) is 0. The van der Waals surface area contributed by atoms with E-state index in [1.807, 2.05) is 4.90 Å². The Kier molecular flexibility index (Phi) is 3.73. The maximum atomic E-state index is 12.4. The molecule has 0 radical (unpaired) electrons. The van der Waals surface area contributed by atoms with Crippen molar-refractivity contribution < 1.29 is 9.53 Å². The summed E-state index contributed by atoms with van der Waals surface area (Å²) >= 11 is 0. The van der Waals surface area contributed by atoms with E-state index in [0.717, 1.165) is 38.0 Å². The maximum absolute atomic E-state index is 12.4. The van der Waals surface area contributed by atoms with Gasteiger partial charge in [-0.05, 0) is 24.7 Å². The summed E-state index contributed by atoms with van der Waals surface area (Å²) < 4.78 is 5.31. The number of amides is 2. The third kappa shape index (κ3) is 2.48. The molecule has 1 saturated carbocycles. The van der Waals surface area contributed by atoms with Crippen molar-refractivity contribution in [3.63, 3.8) is 0 Å². The van der Waals surface area contributed by atoms with Crippen molar-refractivity contribution in [1.82, 2.24) is 9.80 Å². The van der Waals surface area contributed by atoms with Gasteiger partial charge in [0.2, 0.25) is 0 Å². The van der Waals surface area contributed by atoms with Gasteiger partial charge in [0.1, 0.15) is 0 Å². The van der Waals surface area contributed by atoms with E-state index in [4.69, 9.17) is 4.74 Å². The summed E-state index contributed by atoms with van der Waals surface area (Å²) in [7, 11) is 0. The second-order valence-electron chi connectivity index (χ2n) is 5.92. The zero-order valence-electron chi connectivity index (χ0n) is 11.1. The number of rotatable bonds is 0. The van der Waals surface area contributed by atoms with Gasteiger partial charge < -0.3 is 14.5 Å². The van der Waals surface area contributed by atoms with E-state index in [9.17, 15) is 4.79 Å². The Labute approximate surface area is 109 Å². The first kappa shape index (κ1) is 12.3. The Hall–Kier alpha value is -0.770. The van der Waals surface area contributed by atoms with Crippen LogP contribution >= 0.6 is 0 Å². The third-order valence-electron chi connectivity index (χ3n) is 4.84. The Bertz CT molecular complexity index is 302. The predicted molar refractivity (Wildman–Crippen MR) is 69.4 cm³/mol. The van der Waals surface area contributed by atoms with Crippen LogP contribution in [0.5, 0.6) is 0 Å². The number of ether oxygens (including phenoxy) is 1. The van der Waals surface area contributed by atoms with Gasteiger partial charge in [0.05, 0.1) is 13.2 Å².